The van der Waals surface area contributed by atoms with Gasteiger partial charge in [-0.25, -0.2) is 0 Å². The fraction of sp³-hybridized carbons (Fsp3) is 0.933. The van der Waals surface area contributed by atoms with Crippen molar-refractivity contribution in [3.05, 3.63) is 0 Å². The fourth-order valence-electron chi connectivity index (χ4n) is 3.55. The lowest BCUT2D eigenvalue weighted by Crippen LogP contribution is -2.62. The Kier molecular flexibility index (Phi) is 4.85. The standard InChI is InChI=1S/C15H29N3O/c1-5-8-17(14-9-16-10-14)15(19)13(4)18-11(2)6-7-12(18)3/h11-14,16H,5-10H2,1-4H3. The van der Waals surface area contributed by atoms with Gasteiger partial charge in [0.25, 0.3) is 0 Å². The van der Waals surface area contributed by atoms with Gasteiger partial charge < -0.3 is 10.2 Å². The molecule has 4 nitrogen and oxygen atoms in total. The van der Waals surface area contributed by atoms with Gasteiger partial charge in [0.15, 0.2) is 0 Å². The summed E-state index contributed by atoms with van der Waals surface area (Å²) < 4.78 is 0. The van der Waals surface area contributed by atoms with E-state index in [0.717, 1.165) is 26.1 Å². The molecule has 110 valence electrons. The molecule has 2 heterocycles. The average Bonchev–Trinajstić information content (AvgIpc) is 2.64. The number of hydrogen-bond acceptors (Lipinski definition) is 3. The van der Waals surface area contributed by atoms with Crippen LogP contribution in [-0.4, -0.2) is 59.5 Å². The first-order valence-electron chi connectivity index (χ1n) is 7.84. The zero-order valence-corrected chi connectivity index (χ0v) is 12.9. The van der Waals surface area contributed by atoms with Gasteiger partial charge in [0.1, 0.15) is 0 Å². The summed E-state index contributed by atoms with van der Waals surface area (Å²) in [6.45, 7) is 11.6. The predicted octanol–water partition coefficient (Wildman–Crippen LogP) is 1.46. The summed E-state index contributed by atoms with van der Waals surface area (Å²) in [6, 6.07) is 1.52. The van der Waals surface area contributed by atoms with Gasteiger partial charge in [-0.15, -0.1) is 0 Å². The molecule has 0 aromatic carbocycles. The Balaban J connectivity index is 2.03. The zero-order chi connectivity index (χ0) is 14.0. The number of hydrogen-bond donors (Lipinski definition) is 1. The number of amides is 1. The normalized spacial score (nSPS) is 30.1. The summed E-state index contributed by atoms with van der Waals surface area (Å²) in [7, 11) is 0. The molecule has 0 spiro atoms. The summed E-state index contributed by atoms with van der Waals surface area (Å²) in [4.78, 5) is 17.3. The second-order valence-corrected chi connectivity index (χ2v) is 6.24. The Labute approximate surface area is 117 Å². The van der Waals surface area contributed by atoms with E-state index in [4.69, 9.17) is 0 Å². The highest BCUT2D eigenvalue weighted by atomic mass is 16.2. The molecule has 1 amide bonds. The molecule has 2 fully saturated rings. The molecule has 2 aliphatic rings. The highest BCUT2D eigenvalue weighted by Gasteiger charge is 2.38. The second kappa shape index (κ2) is 6.23. The van der Waals surface area contributed by atoms with E-state index >= 15 is 0 Å². The summed E-state index contributed by atoms with van der Waals surface area (Å²) in [5.41, 5.74) is 0. The molecule has 3 unspecified atom stereocenters. The van der Waals surface area contributed by atoms with Crippen LogP contribution in [0.4, 0.5) is 0 Å². The SMILES string of the molecule is CCCN(C(=O)C(C)N1C(C)CCC1C)C1CNC1. The van der Waals surface area contributed by atoms with Crippen molar-refractivity contribution in [1.82, 2.24) is 15.1 Å². The second-order valence-electron chi connectivity index (χ2n) is 6.24. The molecule has 0 saturated carbocycles. The lowest BCUT2D eigenvalue weighted by Gasteiger charge is -2.42. The summed E-state index contributed by atoms with van der Waals surface area (Å²) in [5.74, 6) is 0.328. The van der Waals surface area contributed by atoms with Gasteiger partial charge in [-0.05, 0) is 40.0 Å². The predicted molar refractivity (Wildman–Crippen MR) is 78.1 cm³/mol. The van der Waals surface area contributed by atoms with E-state index in [1.165, 1.54) is 12.8 Å². The number of nitrogens with one attached hydrogen (secondary N) is 1. The molecule has 1 N–H and O–H groups in total. The third-order valence-corrected chi connectivity index (χ3v) is 4.77. The minimum atomic E-state index is 0.0275. The average molecular weight is 267 g/mol. The lowest BCUT2D eigenvalue weighted by molar-refractivity contribution is -0.141. The summed E-state index contributed by atoms with van der Waals surface area (Å²) in [5, 5.41) is 3.27. The van der Waals surface area contributed by atoms with Gasteiger partial charge in [0, 0.05) is 31.7 Å². The number of carbonyl (C=O) groups is 1. The molecular weight excluding hydrogens is 238 g/mol. The van der Waals surface area contributed by atoms with Gasteiger partial charge in [0.2, 0.25) is 5.91 Å². The van der Waals surface area contributed by atoms with Crippen molar-refractivity contribution >= 4 is 5.91 Å². The molecule has 0 radical (unpaired) electrons. The molecular formula is C15H29N3O. The molecule has 0 bridgehead atoms. The quantitative estimate of drug-likeness (QED) is 0.819. The first kappa shape index (κ1) is 14.8. The largest absolute Gasteiger partial charge is 0.336 e. The first-order valence-corrected chi connectivity index (χ1v) is 7.84. The van der Waals surface area contributed by atoms with E-state index in [-0.39, 0.29) is 6.04 Å². The maximum atomic E-state index is 12.8. The topological polar surface area (TPSA) is 35.6 Å². The van der Waals surface area contributed by atoms with Gasteiger partial charge in [-0.1, -0.05) is 6.92 Å². The van der Waals surface area contributed by atoms with Crippen molar-refractivity contribution < 1.29 is 4.79 Å². The van der Waals surface area contributed by atoms with Crippen LogP contribution in [0.25, 0.3) is 0 Å². The van der Waals surface area contributed by atoms with Gasteiger partial charge in [-0.2, -0.15) is 0 Å². The van der Waals surface area contributed by atoms with E-state index < -0.39 is 0 Å². The van der Waals surface area contributed by atoms with Crippen LogP contribution in [0.5, 0.6) is 0 Å². The fourth-order valence-corrected chi connectivity index (χ4v) is 3.55. The molecule has 19 heavy (non-hydrogen) atoms. The number of rotatable bonds is 5. The smallest absolute Gasteiger partial charge is 0.239 e. The Morgan fingerprint density at radius 2 is 1.89 bits per heavy atom. The zero-order valence-electron chi connectivity index (χ0n) is 12.9. The van der Waals surface area contributed by atoms with Crippen LogP contribution in [-0.2, 0) is 4.79 Å². The third-order valence-electron chi connectivity index (χ3n) is 4.77. The Hall–Kier alpha value is -0.610. The van der Waals surface area contributed by atoms with Crippen LogP contribution >= 0.6 is 0 Å². The summed E-state index contributed by atoms with van der Waals surface area (Å²) in [6.07, 6.45) is 3.48. The van der Waals surface area contributed by atoms with Crippen molar-refractivity contribution in [3.63, 3.8) is 0 Å². The van der Waals surface area contributed by atoms with E-state index in [2.05, 4.69) is 42.8 Å². The number of carbonyl (C=O) groups excluding carboxylic acids is 1. The van der Waals surface area contributed by atoms with Gasteiger partial charge in [0.05, 0.1) is 12.1 Å². The Morgan fingerprint density at radius 3 is 2.32 bits per heavy atom. The Morgan fingerprint density at radius 1 is 1.32 bits per heavy atom. The van der Waals surface area contributed by atoms with E-state index in [1.807, 2.05) is 0 Å². The van der Waals surface area contributed by atoms with Crippen molar-refractivity contribution in [2.24, 2.45) is 0 Å². The molecule has 0 aromatic heterocycles. The highest BCUT2D eigenvalue weighted by molar-refractivity contribution is 5.82. The van der Waals surface area contributed by atoms with Crippen molar-refractivity contribution in [2.75, 3.05) is 19.6 Å². The third kappa shape index (κ3) is 2.95. The maximum Gasteiger partial charge on any atom is 0.239 e. The van der Waals surface area contributed by atoms with Crippen molar-refractivity contribution in [2.45, 2.75) is 71.1 Å². The number of nitrogens with zero attached hydrogens (tertiary/aromatic N) is 2. The molecule has 2 saturated heterocycles. The van der Waals surface area contributed by atoms with Crippen LogP contribution < -0.4 is 5.32 Å². The van der Waals surface area contributed by atoms with E-state index in [0.29, 0.717) is 24.0 Å². The first-order chi connectivity index (χ1) is 9.06. The molecule has 2 rings (SSSR count). The van der Waals surface area contributed by atoms with Crippen LogP contribution in [0.1, 0.15) is 47.0 Å². The van der Waals surface area contributed by atoms with E-state index in [1.54, 1.807) is 0 Å². The Bertz CT molecular complexity index is 307. The van der Waals surface area contributed by atoms with Gasteiger partial charge in [-0.3, -0.25) is 9.69 Å². The molecule has 2 aliphatic heterocycles. The minimum Gasteiger partial charge on any atom is -0.336 e. The lowest BCUT2D eigenvalue weighted by atomic mass is 10.1. The van der Waals surface area contributed by atoms with Crippen LogP contribution in [0.3, 0.4) is 0 Å². The molecule has 0 aliphatic carbocycles. The van der Waals surface area contributed by atoms with Gasteiger partial charge >= 0.3 is 0 Å². The minimum absolute atomic E-state index is 0.0275. The van der Waals surface area contributed by atoms with Crippen LogP contribution in [0.15, 0.2) is 0 Å². The van der Waals surface area contributed by atoms with Crippen LogP contribution in [0.2, 0.25) is 0 Å². The number of likely N-dealkylation sites (tertiary alicyclic amines) is 1. The molecule has 3 atom stereocenters. The van der Waals surface area contributed by atoms with E-state index in [9.17, 15) is 4.79 Å². The van der Waals surface area contributed by atoms with Crippen molar-refractivity contribution in [1.29, 1.82) is 0 Å². The highest BCUT2D eigenvalue weighted by Crippen LogP contribution is 2.27. The monoisotopic (exact) mass is 267 g/mol. The maximum absolute atomic E-state index is 12.8. The molecule has 0 aromatic rings. The molecule has 4 heteroatoms. The van der Waals surface area contributed by atoms with Crippen LogP contribution in [0, 0.1) is 0 Å². The summed E-state index contributed by atoms with van der Waals surface area (Å²) >= 11 is 0. The van der Waals surface area contributed by atoms with Crippen molar-refractivity contribution in [3.8, 4) is 0 Å².